The highest BCUT2D eigenvalue weighted by Gasteiger charge is 2.44. The number of benzene rings is 2. The molecule has 0 bridgehead atoms. The average molecular weight is 667 g/mol. The second-order valence-electron chi connectivity index (χ2n) is 12.7. The number of unbranched alkanes of at least 4 members (excludes halogenated alkanes) is 10. The Morgan fingerprint density at radius 3 is 1.33 bits per heavy atom. The molecule has 0 aromatic heterocycles. The van der Waals surface area contributed by atoms with Crippen LogP contribution in [0.5, 0.6) is 11.5 Å². The second-order valence-corrected chi connectivity index (χ2v) is 12.7. The molecule has 0 radical (unpaired) electrons. The topological polar surface area (TPSA) is 157 Å². The number of phenolic OH excluding ortho intramolecular Hbond substituents is 2. The van der Waals surface area contributed by atoms with Crippen LogP contribution < -0.4 is 21.7 Å². The van der Waals surface area contributed by atoms with Gasteiger partial charge in [-0.2, -0.15) is 0 Å². The molecule has 0 aliphatic heterocycles. The SMILES string of the molecule is CCCCCCCC(CC)(C(=O)NNC(=O)c1cc(CCCCCC)ccc1O)C(=O)NNC(=O)c1cc(CCCCCC)ccc1O. The molecular formula is C38H58N4O6. The number of rotatable bonds is 21. The van der Waals surface area contributed by atoms with Crippen molar-refractivity contribution in [1.29, 1.82) is 0 Å². The van der Waals surface area contributed by atoms with E-state index >= 15 is 0 Å². The van der Waals surface area contributed by atoms with E-state index in [0.29, 0.717) is 6.42 Å². The van der Waals surface area contributed by atoms with Gasteiger partial charge in [0, 0.05) is 0 Å². The van der Waals surface area contributed by atoms with Crippen molar-refractivity contribution in [2.24, 2.45) is 5.41 Å². The van der Waals surface area contributed by atoms with Crippen LogP contribution in [0, 0.1) is 5.41 Å². The smallest absolute Gasteiger partial charge is 0.273 e. The molecule has 0 aliphatic carbocycles. The molecular weight excluding hydrogens is 608 g/mol. The largest absolute Gasteiger partial charge is 0.507 e. The van der Waals surface area contributed by atoms with Crippen molar-refractivity contribution in [3.05, 3.63) is 58.7 Å². The Labute approximate surface area is 286 Å². The van der Waals surface area contributed by atoms with Gasteiger partial charge >= 0.3 is 0 Å². The molecule has 48 heavy (non-hydrogen) atoms. The van der Waals surface area contributed by atoms with Gasteiger partial charge in [0.2, 0.25) is 0 Å². The number of aromatic hydroxyl groups is 2. The van der Waals surface area contributed by atoms with E-state index in [1.165, 1.54) is 12.1 Å². The third-order valence-electron chi connectivity index (χ3n) is 9.01. The van der Waals surface area contributed by atoms with Gasteiger partial charge in [0.1, 0.15) is 16.9 Å². The molecule has 6 N–H and O–H groups in total. The molecule has 0 saturated carbocycles. The summed E-state index contributed by atoms with van der Waals surface area (Å²) in [5.74, 6) is -3.30. The molecule has 10 nitrogen and oxygen atoms in total. The number of hydrazine groups is 2. The molecule has 10 heteroatoms. The van der Waals surface area contributed by atoms with E-state index in [2.05, 4.69) is 42.5 Å². The second kappa shape index (κ2) is 21.7. The van der Waals surface area contributed by atoms with E-state index in [1.807, 2.05) is 0 Å². The summed E-state index contributed by atoms with van der Waals surface area (Å²) in [6.45, 7) is 8.08. The fourth-order valence-corrected chi connectivity index (χ4v) is 5.81. The van der Waals surface area contributed by atoms with E-state index in [-0.39, 0.29) is 35.5 Å². The van der Waals surface area contributed by atoms with Gasteiger partial charge in [0.05, 0.1) is 11.1 Å². The quantitative estimate of drug-likeness (QED) is 0.0466. The molecule has 2 aromatic rings. The maximum Gasteiger partial charge on any atom is 0.273 e. The van der Waals surface area contributed by atoms with Crippen LogP contribution in [-0.4, -0.2) is 33.8 Å². The van der Waals surface area contributed by atoms with E-state index < -0.39 is 29.0 Å². The summed E-state index contributed by atoms with van der Waals surface area (Å²) in [4.78, 5) is 53.6. The number of phenols is 2. The van der Waals surface area contributed by atoms with Gasteiger partial charge < -0.3 is 10.2 Å². The Hall–Kier alpha value is -4.08. The molecule has 0 unspecified atom stereocenters. The van der Waals surface area contributed by atoms with Crippen molar-refractivity contribution in [3.8, 4) is 11.5 Å². The maximum absolute atomic E-state index is 13.7. The Bertz CT molecular complexity index is 1240. The lowest BCUT2D eigenvalue weighted by Crippen LogP contribution is -2.58. The van der Waals surface area contributed by atoms with Gasteiger partial charge in [0.25, 0.3) is 23.6 Å². The van der Waals surface area contributed by atoms with Crippen molar-refractivity contribution < 1.29 is 29.4 Å². The Balaban J connectivity index is 2.16. The number of aryl methyl sites for hydroxylation is 2. The summed E-state index contributed by atoms with van der Waals surface area (Å²) in [6, 6.07) is 9.71. The van der Waals surface area contributed by atoms with Crippen LogP contribution >= 0.6 is 0 Å². The maximum atomic E-state index is 13.7. The first-order chi connectivity index (χ1) is 23.1. The van der Waals surface area contributed by atoms with Crippen LogP contribution in [0.2, 0.25) is 0 Å². The molecule has 0 saturated heterocycles. The first kappa shape index (κ1) is 40.1. The van der Waals surface area contributed by atoms with Crippen LogP contribution in [0.3, 0.4) is 0 Å². The van der Waals surface area contributed by atoms with Gasteiger partial charge in [0.15, 0.2) is 0 Å². The number of carbonyl (C=O) groups is 4. The summed E-state index contributed by atoms with van der Waals surface area (Å²) < 4.78 is 0. The zero-order valence-corrected chi connectivity index (χ0v) is 29.5. The lowest BCUT2D eigenvalue weighted by atomic mass is 9.78. The minimum atomic E-state index is -1.61. The van der Waals surface area contributed by atoms with E-state index in [1.54, 1.807) is 31.2 Å². The highest BCUT2D eigenvalue weighted by Crippen LogP contribution is 2.31. The average Bonchev–Trinajstić information content (AvgIpc) is 3.09. The minimum absolute atomic E-state index is 0.0223. The van der Waals surface area contributed by atoms with Crippen LogP contribution in [-0.2, 0) is 22.4 Å². The summed E-state index contributed by atoms with van der Waals surface area (Å²) in [5, 5.41) is 20.8. The normalized spacial score (nSPS) is 11.2. The molecule has 0 aliphatic rings. The van der Waals surface area contributed by atoms with Crippen molar-refractivity contribution >= 4 is 23.6 Å². The van der Waals surface area contributed by atoms with Gasteiger partial charge in [-0.25, -0.2) is 0 Å². The van der Waals surface area contributed by atoms with Gasteiger partial charge in [-0.3, -0.25) is 40.9 Å². The Kier molecular flexibility index (Phi) is 18.1. The van der Waals surface area contributed by atoms with Crippen molar-refractivity contribution in [2.45, 2.75) is 137 Å². The number of nitrogens with one attached hydrogen (secondary N) is 4. The highest BCUT2D eigenvalue weighted by molar-refractivity contribution is 6.07. The number of hydrogen-bond acceptors (Lipinski definition) is 6. The van der Waals surface area contributed by atoms with Crippen LogP contribution in [0.15, 0.2) is 36.4 Å². The molecule has 2 rings (SSSR count). The monoisotopic (exact) mass is 666 g/mol. The lowest BCUT2D eigenvalue weighted by molar-refractivity contribution is -0.145. The molecule has 0 heterocycles. The summed E-state index contributed by atoms with van der Waals surface area (Å²) >= 11 is 0. The van der Waals surface area contributed by atoms with Crippen LogP contribution in [0.25, 0.3) is 0 Å². The summed E-state index contributed by atoms with van der Waals surface area (Å²) in [5.41, 5.74) is 9.82. The number of hydrogen-bond donors (Lipinski definition) is 6. The van der Waals surface area contributed by atoms with E-state index in [0.717, 1.165) is 101 Å². The van der Waals surface area contributed by atoms with E-state index in [9.17, 15) is 29.4 Å². The third kappa shape index (κ3) is 12.5. The van der Waals surface area contributed by atoms with Crippen LogP contribution in [0.1, 0.15) is 156 Å². The first-order valence-electron chi connectivity index (χ1n) is 18.0. The van der Waals surface area contributed by atoms with E-state index in [4.69, 9.17) is 0 Å². The predicted molar refractivity (Wildman–Crippen MR) is 189 cm³/mol. The molecule has 2 aromatic carbocycles. The zero-order valence-electron chi connectivity index (χ0n) is 29.5. The van der Waals surface area contributed by atoms with Gasteiger partial charge in [-0.05, 0) is 73.9 Å². The fourth-order valence-electron chi connectivity index (χ4n) is 5.81. The van der Waals surface area contributed by atoms with Crippen molar-refractivity contribution in [1.82, 2.24) is 21.7 Å². The predicted octanol–water partition coefficient (Wildman–Crippen LogP) is 7.32. The minimum Gasteiger partial charge on any atom is -0.507 e. The standard InChI is InChI=1S/C38H58N4O6/c1-5-9-12-15-18-25-38(8-4,36(47)41-39-34(45)30-26-28(21-23-32(30)43)19-16-13-10-6-2)37(48)42-40-35(46)31-27-29(22-24-33(31)44)20-17-14-11-7-3/h21-24,26-27,43-44H,5-20,25H2,1-4H3,(H,39,45)(H,40,46)(H,41,47)(H,42,48). The third-order valence-corrected chi connectivity index (χ3v) is 9.01. The number of amides is 4. The first-order valence-corrected chi connectivity index (χ1v) is 18.0. The van der Waals surface area contributed by atoms with Crippen molar-refractivity contribution in [3.63, 3.8) is 0 Å². The zero-order chi connectivity index (χ0) is 35.4. The molecule has 266 valence electrons. The highest BCUT2D eigenvalue weighted by atomic mass is 16.3. The lowest BCUT2D eigenvalue weighted by Gasteiger charge is -2.30. The van der Waals surface area contributed by atoms with Crippen molar-refractivity contribution in [2.75, 3.05) is 0 Å². The number of carbonyl (C=O) groups excluding carboxylic acids is 4. The molecule has 0 fully saturated rings. The Morgan fingerprint density at radius 2 is 0.938 bits per heavy atom. The van der Waals surface area contributed by atoms with Crippen LogP contribution in [0.4, 0.5) is 0 Å². The van der Waals surface area contributed by atoms with Gasteiger partial charge in [-0.1, -0.05) is 110 Å². The molecule has 0 atom stereocenters. The molecule has 0 spiro atoms. The summed E-state index contributed by atoms with van der Waals surface area (Å²) in [6.07, 6.45) is 14.8. The Morgan fingerprint density at radius 1 is 0.542 bits per heavy atom. The van der Waals surface area contributed by atoms with Gasteiger partial charge in [-0.15, -0.1) is 0 Å². The molecule has 4 amide bonds. The summed E-state index contributed by atoms with van der Waals surface area (Å²) in [7, 11) is 0. The fraction of sp³-hybridized carbons (Fsp3) is 0.579.